The third-order valence-corrected chi connectivity index (χ3v) is 3.63. The molecule has 1 amide bonds. The molecule has 1 saturated heterocycles. The smallest absolute Gasteiger partial charge is 0.224 e. The Morgan fingerprint density at radius 2 is 2.17 bits per heavy atom. The molecular weight excluding hydrogens is 248 g/mol. The highest BCUT2D eigenvalue weighted by Crippen LogP contribution is 2.15. The van der Waals surface area contributed by atoms with Crippen LogP contribution in [-0.4, -0.2) is 30.9 Å². The molecule has 1 heterocycles. The van der Waals surface area contributed by atoms with Crippen LogP contribution in [0.4, 0.5) is 0 Å². The predicted molar refractivity (Wildman–Crippen MR) is 73.5 cm³/mol. The monoisotopic (exact) mass is 266 g/mol. The van der Waals surface area contributed by atoms with Crippen molar-refractivity contribution >= 4 is 17.5 Å². The van der Waals surface area contributed by atoms with E-state index in [4.69, 9.17) is 11.6 Å². The first kappa shape index (κ1) is 13.4. The summed E-state index contributed by atoms with van der Waals surface area (Å²) in [7, 11) is 2.07. The first-order valence-electron chi connectivity index (χ1n) is 6.36. The largest absolute Gasteiger partial charge is 0.352 e. The lowest BCUT2D eigenvalue weighted by molar-refractivity contribution is -0.126. The van der Waals surface area contributed by atoms with Gasteiger partial charge in [-0.1, -0.05) is 23.7 Å². The second kappa shape index (κ2) is 6.21. The van der Waals surface area contributed by atoms with Crippen molar-refractivity contribution in [2.45, 2.75) is 19.4 Å². The van der Waals surface area contributed by atoms with Crippen molar-refractivity contribution in [3.8, 4) is 0 Å². The van der Waals surface area contributed by atoms with Crippen molar-refractivity contribution in [3.05, 3.63) is 34.9 Å². The summed E-state index contributed by atoms with van der Waals surface area (Å²) in [6.45, 7) is 2.55. The van der Waals surface area contributed by atoms with Gasteiger partial charge >= 0.3 is 0 Å². The lowest BCUT2D eigenvalue weighted by atomic mass is 9.97. The molecule has 1 atom stereocenters. The van der Waals surface area contributed by atoms with Crippen molar-refractivity contribution in [1.29, 1.82) is 0 Å². The van der Waals surface area contributed by atoms with Crippen LogP contribution in [0.3, 0.4) is 0 Å². The Morgan fingerprint density at radius 1 is 1.44 bits per heavy atom. The molecule has 2 rings (SSSR count). The fourth-order valence-corrected chi connectivity index (χ4v) is 2.44. The van der Waals surface area contributed by atoms with Gasteiger partial charge in [-0.25, -0.2) is 0 Å². The number of carbonyl (C=O) groups is 1. The number of carbonyl (C=O) groups excluding carboxylic acids is 1. The normalized spacial score (nSPS) is 20.7. The van der Waals surface area contributed by atoms with Gasteiger partial charge in [0.1, 0.15) is 0 Å². The van der Waals surface area contributed by atoms with E-state index in [1.54, 1.807) is 0 Å². The Kier molecular flexibility index (Phi) is 4.61. The molecule has 98 valence electrons. The van der Waals surface area contributed by atoms with E-state index in [1.807, 2.05) is 24.3 Å². The topological polar surface area (TPSA) is 32.3 Å². The minimum Gasteiger partial charge on any atom is -0.352 e. The van der Waals surface area contributed by atoms with Crippen LogP contribution in [0.2, 0.25) is 5.02 Å². The van der Waals surface area contributed by atoms with Gasteiger partial charge in [0.05, 0.1) is 5.92 Å². The van der Waals surface area contributed by atoms with Crippen molar-refractivity contribution in [2.24, 2.45) is 5.92 Å². The van der Waals surface area contributed by atoms with E-state index in [9.17, 15) is 4.79 Å². The highest BCUT2D eigenvalue weighted by molar-refractivity contribution is 6.30. The average Bonchev–Trinajstić information content (AvgIpc) is 2.38. The van der Waals surface area contributed by atoms with Crippen molar-refractivity contribution in [3.63, 3.8) is 0 Å². The molecule has 1 aromatic rings. The van der Waals surface area contributed by atoms with Gasteiger partial charge in [-0.2, -0.15) is 0 Å². The van der Waals surface area contributed by atoms with Crippen LogP contribution in [0.5, 0.6) is 0 Å². The lowest BCUT2D eigenvalue weighted by Crippen LogP contribution is -2.41. The Bertz CT molecular complexity index is 405. The highest BCUT2D eigenvalue weighted by atomic mass is 35.5. The molecule has 1 aliphatic rings. The molecule has 4 heteroatoms. The molecule has 0 saturated carbocycles. The number of nitrogens with one attached hydrogen (secondary N) is 1. The summed E-state index contributed by atoms with van der Waals surface area (Å²) in [6.07, 6.45) is 2.10. The van der Waals surface area contributed by atoms with Crippen LogP contribution in [0, 0.1) is 5.92 Å². The van der Waals surface area contributed by atoms with Gasteiger partial charge in [-0.15, -0.1) is 0 Å². The van der Waals surface area contributed by atoms with Gasteiger partial charge < -0.3 is 10.2 Å². The summed E-state index contributed by atoms with van der Waals surface area (Å²) in [5.74, 6) is 0.299. The van der Waals surface area contributed by atoms with E-state index >= 15 is 0 Å². The summed E-state index contributed by atoms with van der Waals surface area (Å²) in [6, 6.07) is 7.57. The summed E-state index contributed by atoms with van der Waals surface area (Å²) in [5.41, 5.74) is 1.08. The van der Waals surface area contributed by atoms with Gasteiger partial charge in [0.15, 0.2) is 0 Å². The minimum absolute atomic E-state index is 0.135. The summed E-state index contributed by atoms with van der Waals surface area (Å²) in [4.78, 5) is 14.2. The SMILES string of the molecule is CN1CCC[C@@H](C(=O)NCc2ccc(Cl)cc2)C1. The molecule has 1 aromatic carbocycles. The molecule has 0 aliphatic carbocycles. The highest BCUT2D eigenvalue weighted by Gasteiger charge is 2.23. The fraction of sp³-hybridized carbons (Fsp3) is 0.500. The molecule has 1 aliphatic heterocycles. The van der Waals surface area contributed by atoms with E-state index < -0.39 is 0 Å². The van der Waals surface area contributed by atoms with Crippen molar-refractivity contribution in [1.82, 2.24) is 10.2 Å². The first-order chi connectivity index (χ1) is 8.65. The molecule has 0 bridgehead atoms. The van der Waals surface area contributed by atoms with Gasteiger partial charge in [0, 0.05) is 18.1 Å². The standard InChI is InChI=1S/C14H19ClN2O/c1-17-8-2-3-12(10-17)14(18)16-9-11-4-6-13(15)7-5-11/h4-7,12H,2-3,8-10H2,1H3,(H,16,18)/t12-/m1/s1. The van der Waals surface area contributed by atoms with Crippen LogP contribution < -0.4 is 5.32 Å². The van der Waals surface area contributed by atoms with Crippen LogP contribution >= 0.6 is 11.6 Å². The summed E-state index contributed by atoms with van der Waals surface area (Å²) >= 11 is 5.82. The number of hydrogen-bond donors (Lipinski definition) is 1. The molecule has 1 N–H and O–H groups in total. The van der Waals surface area contributed by atoms with Gasteiger partial charge in [0.2, 0.25) is 5.91 Å². The zero-order valence-electron chi connectivity index (χ0n) is 10.7. The maximum Gasteiger partial charge on any atom is 0.224 e. The Labute approximate surface area is 113 Å². The zero-order valence-corrected chi connectivity index (χ0v) is 11.4. The quantitative estimate of drug-likeness (QED) is 0.911. The Hall–Kier alpha value is -1.06. The Balaban J connectivity index is 1.82. The van der Waals surface area contributed by atoms with Crippen LogP contribution in [0.15, 0.2) is 24.3 Å². The third-order valence-electron chi connectivity index (χ3n) is 3.38. The van der Waals surface area contributed by atoms with E-state index in [0.717, 1.165) is 36.5 Å². The number of benzene rings is 1. The number of piperidine rings is 1. The number of hydrogen-bond acceptors (Lipinski definition) is 2. The number of nitrogens with zero attached hydrogens (tertiary/aromatic N) is 1. The minimum atomic E-state index is 0.135. The second-order valence-corrected chi connectivity index (χ2v) is 5.38. The predicted octanol–water partition coefficient (Wildman–Crippen LogP) is 2.30. The number of halogens is 1. The summed E-state index contributed by atoms with van der Waals surface area (Å²) in [5, 5.41) is 3.72. The average molecular weight is 267 g/mol. The van der Waals surface area contributed by atoms with Gasteiger partial charge in [-0.3, -0.25) is 4.79 Å². The van der Waals surface area contributed by atoms with Crippen LogP contribution in [-0.2, 0) is 11.3 Å². The first-order valence-corrected chi connectivity index (χ1v) is 6.73. The fourth-order valence-electron chi connectivity index (χ4n) is 2.32. The number of likely N-dealkylation sites (tertiary alicyclic amines) is 1. The molecule has 3 nitrogen and oxygen atoms in total. The molecule has 1 fully saturated rings. The number of rotatable bonds is 3. The molecule has 0 unspecified atom stereocenters. The molecular formula is C14H19ClN2O. The third kappa shape index (κ3) is 3.72. The van der Waals surface area contributed by atoms with Crippen molar-refractivity contribution in [2.75, 3.05) is 20.1 Å². The van der Waals surface area contributed by atoms with Gasteiger partial charge in [-0.05, 0) is 44.1 Å². The van der Waals surface area contributed by atoms with E-state index in [-0.39, 0.29) is 11.8 Å². The van der Waals surface area contributed by atoms with Crippen LogP contribution in [0.25, 0.3) is 0 Å². The van der Waals surface area contributed by atoms with Crippen molar-refractivity contribution < 1.29 is 4.79 Å². The zero-order chi connectivity index (χ0) is 13.0. The van der Waals surface area contributed by atoms with Crippen LogP contribution in [0.1, 0.15) is 18.4 Å². The lowest BCUT2D eigenvalue weighted by Gasteiger charge is -2.28. The summed E-state index contributed by atoms with van der Waals surface area (Å²) < 4.78 is 0. The second-order valence-electron chi connectivity index (χ2n) is 4.95. The van der Waals surface area contributed by atoms with E-state index in [1.165, 1.54) is 0 Å². The van der Waals surface area contributed by atoms with E-state index in [2.05, 4.69) is 17.3 Å². The Morgan fingerprint density at radius 3 is 2.83 bits per heavy atom. The maximum atomic E-state index is 12.0. The molecule has 0 spiro atoms. The molecule has 0 aromatic heterocycles. The molecule has 0 radical (unpaired) electrons. The van der Waals surface area contributed by atoms with Gasteiger partial charge in [0.25, 0.3) is 0 Å². The maximum absolute atomic E-state index is 12.0. The van der Waals surface area contributed by atoms with E-state index in [0.29, 0.717) is 6.54 Å². The molecule has 18 heavy (non-hydrogen) atoms. The number of amides is 1.